The molecule has 0 fully saturated rings. The Morgan fingerprint density at radius 3 is 2.84 bits per heavy atom. The fourth-order valence-electron chi connectivity index (χ4n) is 1.38. The van der Waals surface area contributed by atoms with Crippen LogP contribution >= 0.6 is 23.4 Å². The third kappa shape index (κ3) is 5.67. The maximum atomic E-state index is 13.2. The molecule has 0 unspecified atom stereocenters. The van der Waals surface area contributed by atoms with E-state index in [1.54, 1.807) is 6.92 Å². The predicted molar refractivity (Wildman–Crippen MR) is 77.4 cm³/mol. The molecule has 1 aromatic carbocycles. The summed E-state index contributed by atoms with van der Waals surface area (Å²) in [5.41, 5.74) is -0.689. The zero-order valence-corrected chi connectivity index (χ0v) is 12.2. The lowest BCUT2D eigenvalue weighted by Crippen LogP contribution is -2.43. The molecule has 0 saturated heterocycles. The van der Waals surface area contributed by atoms with Crippen LogP contribution in [0.2, 0.25) is 5.02 Å². The number of hydrogen-bond acceptors (Lipinski definition) is 3. The molecule has 0 radical (unpaired) electrons. The monoisotopic (exact) mass is 306 g/mol. The summed E-state index contributed by atoms with van der Waals surface area (Å²) in [4.78, 5) is 11.6. The number of halogens is 2. The van der Waals surface area contributed by atoms with Crippen LogP contribution in [0.15, 0.2) is 18.2 Å². The summed E-state index contributed by atoms with van der Waals surface area (Å²) in [6.45, 7) is 1.74. The summed E-state index contributed by atoms with van der Waals surface area (Å²) in [7, 11) is 0. The van der Waals surface area contributed by atoms with E-state index >= 15 is 0 Å². The molecule has 0 heterocycles. The molecular formula is C12H16ClFN2O2S. The van der Waals surface area contributed by atoms with Crippen molar-refractivity contribution in [2.45, 2.75) is 12.5 Å². The number of benzene rings is 1. The summed E-state index contributed by atoms with van der Waals surface area (Å²) in [6.07, 6.45) is 1.87. The zero-order valence-electron chi connectivity index (χ0n) is 10.7. The molecule has 0 saturated carbocycles. The van der Waals surface area contributed by atoms with Gasteiger partial charge in [0.2, 0.25) is 0 Å². The van der Waals surface area contributed by atoms with Crippen molar-refractivity contribution in [2.75, 3.05) is 23.9 Å². The Hall–Kier alpha value is -0.980. The molecular weight excluding hydrogens is 291 g/mol. The van der Waals surface area contributed by atoms with Gasteiger partial charge in [-0.05, 0) is 31.4 Å². The van der Waals surface area contributed by atoms with E-state index < -0.39 is 17.4 Å². The average Bonchev–Trinajstić information content (AvgIpc) is 2.32. The predicted octanol–water partition coefficient (Wildman–Crippen LogP) is 2.71. The van der Waals surface area contributed by atoms with Gasteiger partial charge in [-0.3, -0.25) is 0 Å². The Labute approximate surface area is 120 Å². The Balaban J connectivity index is 2.49. The first-order valence-electron chi connectivity index (χ1n) is 5.55. The molecule has 3 N–H and O–H groups in total. The molecule has 106 valence electrons. The van der Waals surface area contributed by atoms with E-state index in [2.05, 4.69) is 10.6 Å². The highest BCUT2D eigenvalue weighted by molar-refractivity contribution is 7.98. The van der Waals surface area contributed by atoms with Crippen LogP contribution in [0.4, 0.5) is 14.9 Å². The number of carbonyl (C=O) groups excluding carboxylic acids is 1. The van der Waals surface area contributed by atoms with Gasteiger partial charge in [0.25, 0.3) is 0 Å². The Morgan fingerprint density at radius 1 is 1.58 bits per heavy atom. The maximum absolute atomic E-state index is 13.2. The summed E-state index contributed by atoms with van der Waals surface area (Å²) < 4.78 is 13.2. The van der Waals surface area contributed by atoms with Crippen molar-refractivity contribution in [3.8, 4) is 0 Å². The van der Waals surface area contributed by atoms with E-state index in [0.29, 0.717) is 11.4 Å². The zero-order chi connectivity index (χ0) is 14.5. The highest BCUT2D eigenvalue weighted by Crippen LogP contribution is 2.18. The minimum atomic E-state index is -0.984. The second-order valence-electron chi connectivity index (χ2n) is 4.37. The molecule has 1 aromatic rings. The van der Waals surface area contributed by atoms with Crippen LogP contribution in [0.5, 0.6) is 0 Å². The van der Waals surface area contributed by atoms with Crippen LogP contribution in [0.1, 0.15) is 6.92 Å². The molecule has 4 nitrogen and oxygen atoms in total. The first-order valence-corrected chi connectivity index (χ1v) is 7.32. The standard InChI is InChI=1S/C12H16ClFN2O2S/c1-12(18,7-19-2)6-15-11(17)16-8-3-4-9(13)10(14)5-8/h3-5,18H,6-7H2,1-2H3,(H2,15,16,17)/t12-/m0/s1. The number of urea groups is 1. The molecule has 7 heteroatoms. The number of anilines is 1. The smallest absolute Gasteiger partial charge is 0.319 e. The number of thioether (sulfide) groups is 1. The SMILES string of the molecule is CSC[C@@](C)(O)CNC(=O)Nc1ccc(Cl)c(F)c1. The lowest BCUT2D eigenvalue weighted by molar-refractivity contribution is 0.0876. The highest BCUT2D eigenvalue weighted by Gasteiger charge is 2.20. The van der Waals surface area contributed by atoms with Crippen LogP contribution < -0.4 is 10.6 Å². The number of nitrogens with one attached hydrogen (secondary N) is 2. The highest BCUT2D eigenvalue weighted by atomic mass is 35.5. The van der Waals surface area contributed by atoms with Gasteiger partial charge >= 0.3 is 6.03 Å². The van der Waals surface area contributed by atoms with Crippen molar-refractivity contribution in [3.63, 3.8) is 0 Å². The number of amides is 2. The Bertz CT molecular complexity index is 457. The Morgan fingerprint density at radius 2 is 2.26 bits per heavy atom. The average molecular weight is 307 g/mol. The van der Waals surface area contributed by atoms with Crippen LogP contribution in [0.25, 0.3) is 0 Å². The van der Waals surface area contributed by atoms with E-state index in [0.717, 1.165) is 6.07 Å². The van der Waals surface area contributed by atoms with E-state index in [-0.39, 0.29) is 11.6 Å². The first-order chi connectivity index (χ1) is 8.84. The largest absolute Gasteiger partial charge is 0.387 e. The van der Waals surface area contributed by atoms with Gasteiger partial charge in [-0.2, -0.15) is 11.8 Å². The molecule has 1 atom stereocenters. The first kappa shape index (κ1) is 16.1. The van der Waals surface area contributed by atoms with Crippen molar-refractivity contribution in [2.24, 2.45) is 0 Å². The third-order valence-electron chi connectivity index (χ3n) is 2.26. The maximum Gasteiger partial charge on any atom is 0.319 e. The van der Waals surface area contributed by atoms with Crippen LogP contribution in [-0.2, 0) is 0 Å². The van der Waals surface area contributed by atoms with Crippen molar-refractivity contribution < 1.29 is 14.3 Å². The Kier molecular flexibility index (Phi) is 5.90. The fraction of sp³-hybridized carbons (Fsp3) is 0.417. The second-order valence-corrected chi connectivity index (χ2v) is 5.64. The minimum Gasteiger partial charge on any atom is -0.387 e. The molecule has 1 rings (SSSR count). The van der Waals surface area contributed by atoms with Gasteiger partial charge in [0.05, 0.1) is 10.6 Å². The van der Waals surface area contributed by atoms with Crippen molar-refractivity contribution in [3.05, 3.63) is 29.0 Å². The molecule has 0 aromatic heterocycles. The van der Waals surface area contributed by atoms with Crippen LogP contribution in [0, 0.1) is 5.82 Å². The summed E-state index contributed by atoms with van der Waals surface area (Å²) >= 11 is 7.02. The molecule has 0 aliphatic rings. The van der Waals surface area contributed by atoms with Gasteiger partial charge in [-0.1, -0.05) is 11.6 Å². The van der Waals surface area contributed by atoms with Gasteiger partial charge < -0.3 is 15.7 Å². The molecule has 19 heavy (non-hydrogen) atoms. The lowest BCUT2D eigenvalue weighted by Gasteiger charge is -2.22. The van der Waals surface area contributed by atoms with Gasteiger partial charge in [-0.25, -0.2) is 9.18 Å². The quantitative estimate of drug-likeness (QED) is 0.784. The summed E-state index contributed by atoms with van der Waals surface area (Å²) in [6, 6.07) is 3.46. The summed E-state index contributed by atoms with van der Waals surface area (Å²) in [5, 5.41) is 14.8. The molecule has 0 aliphatic heterocycles. The van der Waals surface area contributed by atoms with Gasteiger partial charge in [0.1, 0.15) is 5.82 Å². The number of carbonyl (C=O) groups is 1. The number of rotatable bonds is 5. The fourth-order valence-corrected chi connectivity index (χ4v) is 2.22. The van der Waals surface area contributed by atoms with Gasteiger partial charge in [0, 0.05) is 18.0 Å². The topological polar surface area (TPSA) is 61.4 Å². The van der Waals surface area contributed by atoms with E-state index in [1.807, 2.05) is 6.26 Å². The molecule has 2 amide bonds. The van der Waals surface area contributed by atoms with Crippen molar-refractivity contribution in [1.82, 2.24) is 5.32 Å². The minimum absolute atomic E-state index is 0.00568. The van der Waals surface area contributed by atoms with Gasteiger partial charge in [-0.15, -0.1) is 0 Å². The summed E-state index contributed by atoms with van der Waals surface area (Å²) in [5.74, 6) is -0.100. The second kappa shape index (κ2) is 6.98. The van der Waals surface area contributed by atoms with E-state index in [9.17, 15) is 14.3 Å². The van der Waals surface area contributed by atoms with Crippen LogP contribution in [-0.4, -0.2) is 35.3 Å². The molecule has 0 aliphatic carbocycles. The third-order valence-corrected chi connectivity index (χ3v) is 3.48. The normalized spacial score (nSPS) is 13.7. The van der Waals surface area contributed by atoms with Gasteiger partial charge in [0.15, 0.2) is 0 Å². The van der Waals surface area contributed by atoms with E-state index in [4.69, 9.17) is 11.6 Å². The molecule has 0 spiro atoms. The van der Waals surface area contributed by atoms with E-state index in [1.165, 1.54) is 23.9 Å². The van der Waals surface area contributed by atoms with Crippen LogP contribution in [0.3, 0.4) is 0 Å². The van der Waals surface area contributed by atoms with Crippen molar-refractivity contribution in [1.29, 1.82) is 0 Å². The number of hydrogen-bond donors (Lipinski definition) is 3. The van der Waals surface area contributed by atoms with Crippen molar-refractivity contribution >= 4 is 35.1 Å². The lowest BCUT2D eigenvalue weighted by atomic mass is 10.1. The number of aliphatic hydroxyl groups is 1. The molecule has 0 bridgehead atoms.